The Morgan fingerprint density at radius 3 is 2.47 bits per heavy atom. The fraction of sp³-hybridized carbons (Fsp3) is 0.312. The Bertz CT molecular complexity index is 573. The third-order valence-corrected chi connectivity index (χ3v) is 3.62. The molecule has 0 saturated carbocycles. The van der Waals surface area contributed by atoms with Crippen molar-refractivity contribution in [3.8, 4) is 0 Å². The summed E-state index contributed by atoms with van der Waals surface area (Å²) in [5.41, 5.74) is 5.44. The average molecular weight is 253 g/mol. The normalized spacial score (nSPS) is 15.5. The number of benzene rings is 1. The maximum atomic E-state index is 4.32. The third-order valence-electron chi connectivity index (χ3n) is 3.62. The van der Waals surface area contributed by atoms with E-state index in [1.807, 2.05) is 17.9 Å². The molecule has 1 aromatic heterocycles. The third kappa shape index (κ3) is 2.61. The summed E-state index contributed by atoms with van der Waals surface area (Å²) < 4.78 is 1.87. The van der Waals surface area contributed by atoms with Gasteiger partial charge in [-0.25, -0.2) is 0 Å². The fourth-order valence-electron chi connectivity index (χ4n) is 2.71. The van der Waals surface area contributed by atoms with Crippen molar-refractivity contribution in [3.05, 3.63) is 59.4 Å². The molecule has 2 heterocycles. The van der Waals surface area contributed by atoms with E-state index in [1.165, 1.54) is 22.3 Å². The Kier molecular flexibility index (Phi) is 3.47. The number of aryl methyl sites for hydroxylation is 1. The summed E-state index contributed by atoms with van der Waals surface area (Å²) in [6, 6.07) is 10.7. The minimum Gasteiger partial charge on any atom is -0.316 e. The van der Waals surface area contributed by atoms with Crippen LogP contribution in [-0.2, 0) is 7.05 Å². The van der Waals surface area contributed by atoms with E-state index in [0.717, 1.165) is 25.9 Å². The van der Waals surface area contributed by atoms with Gasteiger partial charge in [0.25, 0.3) is 0 Å². The van der Waals surface area contributed by atoms with E-state index >= 15 is 0 Å². The molecule has 19 heavy (non-hydrogen) atoms. The molecule has 0 aliphatic carbocycles. The first-order chi connectivity index (χ1) is 9.34. The summed E-state index contributed by atoms with van der Waals surface area (Å²) in [4.78, 5) is 0. The molecule has 0 radical (unpaired) electrons. The Hall–Kier alpha value is -1.87. The van der Waals surface area contributed by atoms with Crippen LogP contribution in [0.25, 0.3) is 5.57 Å². The van der Waals surface area contributed by atoms with Gasteiger partial charge in [0.15, 0.2) is 0 Å². The molecule has 3 nitrogen and oxygen atoms in total. The predicted octanol–water partition coefficient (Wildman–Crippen LogP) is 2.61. The number of aromatic nitrogens is 2. The molecule has 3 heteroatoms. The van der Waals surface area contributed by atoms with Crippen molar-refractivity contribution in [3.63, 3.8) is 0 Å². The molecule has 1 aromatic carbocycles. The molecule has 0 amide bonds. The van der Waals surface area contributed by atoms with Gasteiger partial charge in [0.2, 0.25) is 0 Å². The summed E-state index contributed by atoms with van der Waals surface area (Å²) in [5.74, 6) is 0. The van der Waals surface area contributed by atoms with Gasteiger partial charge < -0.3 is 5.32 Å². The lowest BCUT2D eigenvalue weighted by Crippen LogP contribution is -2.23. The molecule has 1 aliphatic heterocycles. The number of piperidine rings is 1. The van der Waals surface area contributed by atoms with Crippen LogP contribution in [-0.4, -0.2) is 22.9 Å². The molecule has 1 fully saturated rings. The lowest BCUT2D eigenvalue weighted by molar-refractivity contribution is 0.611. The topological polar surface area (TPSA) is 29.9 Å². The summed E-state index contributed by atoms with van der Waals surface area (Å²) in [6.45, 7) is 2.15. The van der Waals surface area contributed by atoms with Crippen LogP contribution >= 0.6 is 0 Å². The molecule has 1 N–H and O–H groups in total. The first-order valence-electron chi connectivity index (χ1n) is 6.82. The molecule has 3 rings (SSSR count). The molecular weight excluding hydrogens is 234 g/mol. The zero-order valence-electron chi connectivity index (χ0n) is 11.3. The highest BCUT2D eigenvalue weighted by Crippen LogP contribution is 2.30. The van der Waals surface area contributed by atoms with Crippen molar-refractivity contribution in [2.75, 3.05) is 13.1 Å². The van der Waals surface area contributed by atoms with E-state index < -0.39 is 0 Å². The van der Waals surface area contributed by atoms with Crippen molar-refractivity contribution in [2.45, 2.75) is 12.8 Å². The molecule has 2 aromatic rings. The van der Waals surface area contributed by atoms with Gasteiger partial charge in [0, 0.05) is 18.8 Å². The Labute approximate surface area is 114 Å². The lowest BCUT2D eigenvalue weighted by atomic mass is 9.90. The molecule has 0 atom stereocenters. The van der Waals surface area contributed by atoms with Crippen LogP contribution in [0.3, 0.4) is 0 Å². The minimum absolute atomic E-state index is 1.08. The van der Waals surface area contributed by atoms with Crippen molar-refractivity contribution < 1.29 is 0 Å². The van der Waals surface area contributed by atoms with Crippen LogP contribution in [0.4, 0.5) is 0 Å². The zero-order chi connectivity index (χ0) is 13.1. The van der Waals surface area contributed by atoms with Crippen molar-refractivity contribution >= 4 is 5.57 Å². The number of nitrogens with one attached hydrogen (secondary N) is 1. The first kappa shape index (κ1) is 12.2. The van der Waals surface area contributed by atoms with E-state index in [9.17, 15) is 0 Å². The predicted molar refractivity (Wildman–Crippen MR) is 77.8 cm³/mol. The van der Waals surface area contributed by atoms with Gasteiger partial charge in [-0.15, -0.1) is 0 Å². The molecule has 0 unspecified atom stereocenters. The van der Waals surface area contributed by atoms with Gasteiger partial charge in [-0.1, -0.05) is 35.9 Å². The first-order valence-corrected chi connectivity index (χ1v) is 6.82. The SMILES string of the molecule is Cn1cc(C(=C2CCNCC2)c2ccccc2)cn1. The van der Waals surface area contributed by atoms with Crippen molar-refractivity contribution in [1.82, 2.24) is 15.1 Å². The van der Waals surface area contributed by atoms with Gasteiger partial charge in [-0.05, 0) is 37.1 Å². The average Bonchev–Trinajstić information content (AvgIpc) is 2.88. The second-order valence-corrected chi connectivity index (χ2v) is 5.00. The highest BCUT2D eigenvalue weighted by Gasteiger charge is 2.15. The number of hydrogen-bond acceptors (Lipinski definition) is 2. The van der Waals surface area contributed by atoms with E-state index in [0.29, 0.717) is 0 Å². The van der Waals surface area contributed by atoms with Crippen LogP contribution in [0.1, 0.15) is 24.0 Å². The fourth-order valence-corrected chi connectivity index (χ4v) is 2.71. The molecular formula is C16H19N3. The smallest absolute Gasteiger partial charge is 0.0568 e. The highest BCUT2D eigenvalue weighted by molar-refractivity contribution is 5.81. The Balaban J connectivity index is 2.10. The van der Waals surface area contributed by atoms with Crippen LogP contribution < -0.4 is 5.32 Å². The van der Waals surface area contributed by atoms with E-state index in [1.54, 1.807) is 0 Å². The molecule has 98 valence electrons. The largest absolute Gasteiger partial charge is 0.316 e. The number of hydrogen-bond donors (Lipinski definition) is 1. The van der Waals surface area contributed by atoms with Crippen LogP contribution in [0.5, 0.6) is 0 Å². The summed E-state index contributed by atoms with van der Waals surface area (Å²) in [5, 5.41) is 7.75. The van der Waals surface area contributed by atoms with Gasteiger partial charge >= 0.3 is 0 Å². The minimum atomic E-state index is 1.08. The molecule has 1 saturated heterocycles. The number of nitrogens with zero attached hydrogens (tertiary/aromatic N) is 2. The van der Waals surface area contributed by atoms with E-state index in [-0.39, 0.29) is 0 Å². The van der Waals surface area contributed by atoms with Gasteiger partial charge in [0.1, 0.15) is 0 Å². The monoisotopic (exact) mass is 253 g/mol. The van der Waals surface area contributed by atoms with E-state index in [2.05, 4.69) is 46.9 Å². The summed E-state index contributed by atoms with van der Waals surface area (Å²) in [7, 11) is 1.97. The van der Waals surface area contributed by atoms with Crippen LogP contribution in [0, 0.1) is 0 Å². The van der Waals surface area contributed by atoms with Crippen molar-refractivity contribution in [2.24, 2.45) is 7.05 Å². The number of rotatable bonds is 2. The maximum absolute atomic E-state index is 4.32. The standard InChI is InChI=1S/C16H19N3/c1-19-12-15(11-18-19)16(13-5-3-2-4-6-13)14-7-9-17-10-8-14/h2-6,11-12,17H,7-10H2,1H3. The van der Waals surface area contributed by atoms with Gasteiger partial charge in [0.05, 0.1) is 6.20 Å². The molecule has 0 spiro atoms. The maximum Gasteiger partial charge on any atom is 0.0568 e. The molecule has 1 aliphatic rings. The summed E-state index contributed by atoms with van der Waals surface area (Å²) in [6.07, 6.45) is 6.33. The van der Waals surface area contributed by atoms with Crippen molar-refractivity contribution in [1.29, 1.82) is 0 Å². The Morgan fingerprint density at radius 1 is 1.11 bits per heavy atom. The lowest BCUT2D eigenvalue weighted by Gasteiger charge is -2.20. The second-order valence-electron chi connectivity index (χ2n) is 5.00. The zero-order valence-corrected chi connectivity index (χ0v) is 11.3. The molecule has 0 bridgehead atoms. The van der Waals surface area contributed by atoms with Gasteiger partial charge in [-0.2, -0.15) is 5.10 Å². The second kappa shape index (κ2) is 5.41. The summed E-state index contributed by atoms with van der Waals surface area (Å²) >= 11 is 0. The highest BCUT2D eigenvalue weighted by atomic mass is 15.2. The Morgan fingerprint density at radius 2 is 1.84 bits per heavy atom. The van der Waals surface area contributed by atoms with Crippen LogP contribution in [0.2, 0.25) is 0 Å². The quantitative estimate of drug-likeness (QED) is 0.891. The van der Waals surface area contributed by atoms with Gasteiger partial charge in [-0.3, -0.25) is 4.68 Å². The van der Waals surface area contributed by atoms with E-state index in [4.69, 9.17) is 0 Å². The van der Waals surface area contributed by atoms with Crippen LogP contribution in [0.15, 0.2) is 48.3 Å².